The van der Waals surface area contributed by atoms with Gasteiger partial charge in [-0.3, -0.25) is 19.9 Å². The second-order valence-corrected chi connectivity index (χ2v) is 9.95. The summed E-state index contributed by atoms with van der Waals surface area (Å²) in [6, 6.07) is 14.1. The quantitative estimate of drug-likeness (QED) is 0.118. The molecule has 0 saturated carbocycles. The Bertz CT molecular complexity index is 1420. The fourth-order valence-electron chi connectivity index (χ4n) is 2.85. The number of nitrogens with zero attached hydrogens (tertiary/aromatic N) is 3. The summed E-state index contributed by atoms with van der Waals surface area (Å²) in [5.41, 5.74) is 2.26. The molecule has 0 spiro atoms. The van der Waals surface area contributed by atoms with Crippen LogP contribution in [0.4, 0.5) is 17.1 Å². The number of phenols is 1. The summed E-state index contributed by atoms with van der Waals surface area (Å²) in [5, 5.41) is 24.0. The third kappa shape index (κ3) is 5.84. The number of nitro groups is 1. The van der Waals surface area contributed by atoms with E-state index < -0.39 is 4.92 Å². The van der Waals surface area contributed by atoms with E-state index in [0.29, 0.717) is 26.3 Å². The predicted octanol–water partition coefficient (Wildman–Crippen LogP) is 6.70. The second kappa shape index (κ2) is 10.4. The van der Waals surface area contributed by atoms with Gasteiger partial charge in [-0.15, -0.1) is 11.3 Å². The highest BCUT2D eigenvalue weighted by Gasteiger charge is 2.11. The SMILES string of the molecule is O=C(CSc1nc2ccc(N=Cc3cc(Cl)cc(Cl)c3O)cc2s1)Nc1ccc([N+](=O)[O-])cc1. The first-order valence-electron chi connectivity index (χ1n) is 9.58. The standard InChI is InChI=1S/C22H14Cl2N4O4S2/c23-13-7-12(21(30)17(24)8-13)10-25-15-3-6-18-19(9-15)34-22(27-18)33-11-20(29)26-14-1-4-16(5-2-14)28(31)32/h1-10,30H,11H2,(H,26,29). The number of hydrogen-bond acceptors (Lipinski definition) is 8. The van der Waals surface area contributed by atoms with E-state index in [9.17, 15) is 20.0 Å². The zero-order valence-corrected chi connectivity index (χ0v) is 20.2. The van der Waals surface area contributed by atoms with Crippen molar-refractivity contribution in [2.24, 2.45) is 4.99 Å². The van der Waals surface area contributed by atoms with Gasteiger partial charge in [0.1, 0.15) is 5.75 Å². The third-order valence-electron chi connectivity index (χ3n) is 4.45. The van der Waals surface area contributed by atoms with Crippen LogP contribution in [0.25, 0.3) is 10.2 Å². The van der Waals surface area contributed by atoms with Crippen molar-refractivity contribution in [1.29, 1.82) is 0 Å². The van der Waals surface area contributed by atoms with Gasteiger partial charge in [0.2, 0.25) is 5.91 Å². The summed E-state index contributed by atoms with van der Waals surface area (Å²) in [5.74, 6) is -0.209. The van der Waals surface area contributed by atoms with Crippen molar-refractivity contribution in [2.45, 2.75) is 4.34 Å². The van der Waals surface area contributed by atoms with Crippen LogP contribution in [0.2, 0.25) is 10.0 Å². The minimum Gasteiger partial charge on any atom is -0.506 e. The Labute approximate surface area is 211 Å². The number of rotatable bonds is 7. The van der Waals surface area contributed by atoms with Crippen molar-refractivity contribution in [2.75, 3.05) is 11.1 Å². The minimum atomic E-state index is -0.498. The molecule has 0 aliphatic heterocycles. The summed E-state index contributed by atoms with van der Waals surface area (Å²) in [7, 11) is 0. The maximum Gasteiger partial charge on any atom is 0.269 e. The molecule has 12 heteroatoms. The number of carbonyl (C=O) groups is 1. The third-order valence-corrected chi connectivity index (χ3v) is 7.12. The van der Waals surface area contributed by atoms with E-state index in [1.807, 2.05) is 12.1 Å². The average Bonchev–Trinajstić information content (AvgIpc) is 3.21. The molecule has 8 nitrogen and oxygen atoms in total. The highest BCUT2D eigenvalue weighted by atomic mass is 35.5. The smallest absolute Gasteiger partial charge is 0.269 e. The van der Waals surface area contributed by atoms with Crippen LogP contribution in [-0.4, -0.2) is 32.9 Å². The van der Waals surface area contributed by atoms with Gasteiger partial charge < -0.3 is 10.4 Å². The number of carbonyl (C=O) groups excluding carboxylic acids is 1. The molecule has 0 unspecified atom stereocenters. The Morgan fingerprint density at radius 1 is 1.21 bits per heavy atom. The number of thiazole rings is 1. The van der Waals surface area contributed by atoms with Crippen LogP contribution >= 0.6 is 46.3 Å². The van der Waals surface area contributed by atoms with Gasteiger partial charge in [-0.25, -0.2) is 4.98 Å². The fourth-order valence-corrected chi connectivity index (χ4v) is 5.26. The van der Waals surface area contributed by atoms with Crippen molar-refractivity contribution in [3.63, 3.8) is 0 Å². The lowest BCUT2D eigenvalue weighted by atomic mass is 10.2. The van der Waals surface area contributed by atoms with Gasteiger partial charge in [0.15, 0.2) is 4.34 Å². The van der Waals surface area contributed by atoms with Gasteiger partial charge in [-0.2, -0.15) is 0 Å². The summed E-state index contributed by atoms with van der Waals surface area (Å²) in [6.07, 6.45) is 1.48. The number of aliphatic imine (C=N–C) groups is 1. The van der Waals surface area contributed by atoms with Crippen LogP contribution in [0, 0.1) is 10.1 Å². The zero-order valence-electron chi connectivity index (χ0n) is 17.1. The number of phenolic OH excluding ortho intramolecular Hbond substituents is 1. The van der Waals surface area contributed by atoms with Crippen LogP contribution in [0.3, 0.4) is 0 Å². The summed E-state index contributed by atoms with van der Waals surface area (Å²) < 4.78 is 1.61. The molecule has 4 rings (SSSR count). The average molecular weight is 533 g/mol. The molecule has 0 saturated heterocycles. The Morgan fingerprint density at radius 3 is 2.71 bits per heavy atom. The number of benzene rings is 3. The Morgan fingerprint density at radius 2 is 1.97 bits per heavy atom. The molecular formula is C22H14Cl2N4O4S2. The highest BCUT2D eigenvalue weighted by molar-refractivity contribution is 8.01. The minimum absolute atomic E-state index is 0.0429. The first-order chi connectivity index (χ1) is 16.3. The van der Waals surface area contributed by atoms with E-state index in [0.717, 1.165) is 10.2 Å². The molecule has 0 aliphatic rings. The maximum atomic E-state index is 12.2. The van der Waals surface area contributed by atoms with Crippen molar-refractivity contribution in [1.82, 2.24) is 4.98 Å². The number of nitrogens with one attached hydrogen (secondary N) is 1. The molecule has 1 amide bonds. The van der Waals surface area contributed by atoms with E-state index >= 15 is 0 Å². The van der Waals surface area contributed by atoms with Gasteiger partial charge in [-0.05, 0) is 42.5 Å². The fraction of sp³-hybridized carbons (Fsp3) is 0.0455. The van der Waals surface area contributed by atoms with Crippen molar-refractivity contribution in [3.8, 4) is 5.75 Å². The normalized spacial score (nSPS) is 11.2. The van der Waals surface area contributed by atoms with Gasteiger partial charge in [0.05, 0.1) is 31.6 Å². The highest BCUT2D eigenvalue weighted by Crippen LogP contribution is 2.33. The number of halogens is 2. The lowest BCUT2D eigenvalue weighted by molar-refractivity contribution is -0.384. The number of hydrogen-bond donors (Lipinski definition) is 2. The molecule has 34 heavy (non-hydrogen) atoms. The van der Waals surface area contributed by atoms with E-state index in [1.54, 1.807) is 12.1 Å². The maximum absolute atomic E-state index is 12.2. The summed E-state index contributed by atoms with van der Waals surface area (Å²) >= 11 is 14.6. The molecule has 1 heterocycles. The lowest BCUT2D eigenvalue weighted by Crippen LogP contribution is -2.13. The molecule has 1 aromatic heterocycles. The molecule has 0 bridgehead atoms. The number of aromatic hydroxyl groups is 1. The number of nitro benzene ring substituents is 1. The number of thioether (sulfide) groups is 1. The van der Waals surface area contributed by atoms with Crippen LogP contribution < -0.4 is 5.32 Å². The molecule has 0 atom stereocenters. The molecule has 3 aromatic carbocycles. The second-order valence-electron chi connectivity index (χ2n) is 6.86. The van der Waals surface area contributed by atoms with Gasteiger partial charge in [0.25, 0.3) is 5.69 Å². The Balaban J connectivity index is 1.40. The van der Waals surface area contributed by atoms with Crippen LogP contribution in [0.5, 0.6) is 5.75 Å². The van der Waals surface area contributed by atoms with Gasteiger partial charge in [0, 0.05) is 34.6 Å². The predicted molar refractivity (Wildman–Crippen MR) is 137 cm³/mol. The molecule has 4 aromatic rings. The van der Waals surface area contributed by atoms with E-state index in [-0.39, 0.29) is 28.1 Å². The number of non-ortho nitro benzene ring substituents is 1. The summed E-state index contributed by atoms with van der Waals surface area (Å²) in [4.78, 5) is 31.3. The van der Waals surface area contributed by atoms with E-state index in [4.69, 9.17) is 23.2 Å². The van der Waals surface area contributed by atoms with Crippen molar-refractivity contribution in [3.05, 3.63) is 80.3 Å². The molecular weight excluding hydrogens is 519 g/mol. The first-order valence-corrected chi connectivity index (χ1v) is 12.1. The lowest BCUT2D eigenvalue weighted by Gasteiger charge is -2.03. The monoisotopic (exact) mass is 532 g/mol. The number of fused-ring (bicyclic) bond motifs is 1. The van der Waals surface area contributed by atoms with E-state index in [1.165, 1.54) is 59.6 Å². The summed E-state index contributed by atoms with van der Waals surface area (Å²) in [6.45, 7) is 0. The van der Waals surface area contributed by atoms with Crippen LogP contribution in [0.15, 0.2) is 63.9 Å². The van der Waals surface area contributed by atoms with Crippen LogP contribution in [-0.2, 0) is 4.79 Å². The van der Waals surface area contributed by atoms with Gasteiger partial charge in [-0.1, -0.05) is 35.0 Å². The Hall–Kier alpha value is -3.18. The number of amides is 1. The molecule has 0 aliphatic carbocycles. The van der Waals surface area contributed by atoms with Crippen LogP contribution in [0.1, 0.15) is 5.56 Å². The molecule has 172 valence electrons. The van der Waals surface area contributed by atoms with E-state index in [2.05, 4.69) is 15.3 Å². The van der Waals surface area contributed by atoms with Crippen molar-refractivity contribution < 1.29 is 14.8 Å². The largest absolute Gasteiger partial charge is 0.506 e. The number of aromatic nitrogens is 1. The first kappa shape index (κ1) is 24.0. The molecule has 2 N–H and O–H groups in total. The Kier molecular flexibility index (Phi) is 7.32. The molecule has 0 radical (unpaired) electrons. The number of anilines is 1. The zero-order chi connectivity index (χ0) is 24.2. The van der Waals surface area contributed by atoms with Crippen molar-refractivity contribution >= 4 is 85.7 Å². The van der Waals surface area contributed by atoms with Gasteiger partial charge >= 0.3 is 0 Å². The topological polar surface area (TPSA) is 118 Å². The molecule has 0 fully saturated rings.